The van der Waals surface area contributed by atoms with Crippen molar-refractivity contribution in [3.63, 3.8) is 0 Å². The normalized spacial score (nSPS) is 10.7. The highest BCUT2D eigenvalue weighted by atomic mass is 35.5. The monoisotopic (exact) mass is 396 g/mol. The summed E-state index contributed by atoms with van der Waals surface area (Å²) < 4.78 is 1.73. The molecule has 0 saturated carbocycles. The van der Waals surface area contributed by atoms with E-state index in [0.717, 1.165) is 5.56 Å². The number of anilines is 1. The van der Waals surface area contributed by atoms with Crippen LogP contribution < -0.4 is 5.32 Å². The van der Waals surface area contributed by atoms with Gasteiger partial charge in [0.1, 0.15) is 34.2 Å². The highest BCUT2D eigenvalue weighted by Gasteiger charge is 2.18. The Kier molecular flexibility index (Phi) is 4.66. The van der Waals surface area contributed by atoms with Crippen LogP contribution in [0.15, 0.2) is 55.4 Å². The Hall–Kier alpha value is -3.10. The molecular formula is C18H13ClN6OS. The van der Waals surface area contributed by atoms with Crippen molar-refractivity contribution in [3.05, 3.63) is 71.0 Å². The van der Waals surface area contributed by atoms with Crippen molar-refractivity contribution < 1.29 is 4.79 Å². The number of carbonyl (C=O) groups is 1. The fourth-order valence-corrected chi connectivity index (χ4v) is 3.76. The van der Waals surface area contributed by atoms with Crippen LogP contribution in [0.4, 0.5) is 5.82 Å². The van der Waals surface area contributed by atoms with Gasteiger partial charge in [0.15, 0.2) is 0 Å². The lowest BCUT2D eigenvalue weighted by atomic mass is 10.2. The van der Waals surface area contributed by atoms with Crippen LogP contribution in [-0.4, -0.2) is 30.4 Å². The van der Waals surface area contributed by atoms with Crippen molar-refractivity contribution in [2.24, 2.45) is 0 Å². The Balaban J connectivity index is 1.59. The number of benzene rings is 1. The van der Waals surface area contributed by atoms with E-state index in [9.17, 15) is 4.79 Å². The van der Waals surface area contributed by atoms with Crippen LogP contribution in [0.1, 0.15) is 15.4 Å². The minimum absolute atomic E-state index is 0.279. The van der Waals surface area contributed by atoms with Gasteiger partial charge in [0.05, 0.1) is 10.7 Å². The van der Waals surface area contributed by atoms with Gasteiger partial charge in [0, 0.05) is 24.0 Å². The number of hydrogen-bond donors (Lipinski definition) is 1. The number of carbonyl (C=O) groups excluding carboxylic acids is 1. The van der Waals surface area contributed by atoms with Crippen molar-refractivity contribution in [1.82, 2.24) is 24.5 Å². The molecule has 0 aliphatic rings. The highest BCUT2D eigenvalue weighted by molar-refractivity contribution is 7.17. The van der Waals surface area contributed by atoms with Gasteiger partial charge in [0.25, 0.3) is 5.91 Å². The maximum atomic E-state index is 12.7. The lowest BCUT2D eigenvalue weighted by molar-refractivity contribution is 0.102. The van der Waals surface area contributed by atoms with Gasteiger partial charge in [-0.25, -0.2) is 19.9 Å². The molecule has 3 aromatic heterocycles. The lowest BCUT2D eigenvalue weighted by Crippen LogP contribution is -2.13. The minimum Gasteiger partial charge on any atom is -0.306 e. The fourth-order valence-electron chi connectivity index (χ4n) is 2.48. The molecule has 9 heteroatoms. The first kappa shape index (κ1) is 17.3. The third-order valence-corrected chi connectivity index (χ3v) is 5.29. The second-order valence-corrected chi connectivity index (χ2v) is 7.01. The number of hydrogen-bond acceptors (Lipinski definition) is 6. The van der Waals surface area contributed by atoms with Gasteiger partial charge < -0.3 is 5.32 Å². The van der Waals surface area contributed by atoms with Crippen molar-refractivity contribution >= 4 is 34.7 Å². The van der Waals surface area contributed by atoms with E-state index in [4.69, 9.17) is 11.6 Å². The van der Waals surface area contributed by atoms with Crippen molar-refractivity contribution in [1.29, 1.82) is 0 Å². The largest absolute Gasteiger partial charge is 0.306 e. The molecular weight excluding hydrogens is 384 g/mol. The van der Waals surface area contributed by atoms with Crippen molar-refractivity contribution in [2.45, 2.75) is 6.92 Å². The number of amides is 1. The molecule has 1 amide bonds. The fraction of sp³-hybridized carbons (Fsp3) is 0.0556. The van der Waals surface area contributed by atoms with Crippen molar-refractivity contribution in [3.8, 4) is 16.4 Å². The molecule has 4 aromatic rings. The second-order valence-electron chi connectivity index (χ2n) is 5.60. The molecule has 4 rings (SSSR count). The summed E-state index contributed by atoms with van der Waals surface area (Å²) in [5.74, 6) is 0.722. The third-order valence-electron chi connectivity index (χ3n) is 3.77. The predicted octanol–water partition coefficient (Wildman–Crippen LogP) is 4.00. The average molecular weight is 397 g/mol. The van der Waals surface area contributed by atoms with E-state index in [1.807, 2.05) is 18.2 Å². The minimum atomic E-state index is -0.279. The van der Waals surface area contributed by atoms with E-state index in [-0.39, 0.29) is 5.91 Å². The van der Waals surface area contributed by atoms with Crippen LogP contribution >= 0.6 is 22.9 Å². The SMILES string of the molecule is Cc1nc(-c2ccccc2Cl)sc1C(=O)Nc1cc(-n2ccnc2)ncn1. The molecule has 0 spiro atoms. The Morgan fingerprint density at radius 3 is 2.89 bits per heavy atom. The molecule has 0 saturated heterocycles. The number of imidazole rings is 1. The zero-order chi connectivity index (χ0) is 18.8. The van der Waals surface area contributed by atoms with Crippen LogP contribution in [0.5, 0.6) is 0 Å². The van der Waals surface area contributed by atoms with Crippen LogP contribution in [0.25, 0.3) is 16.4 Å². The first-order chi connectivity index (χ1) is 13.1. The predicted molar refractivity (Wildman–Crippen MR) is 104 cm³/mol. The summed E-state index contributed by atoms with van der Waals surface area (Å²) in [7, 11) is 0. The summed E-state index contributed by atoms with van der Waals surface area (Å²) in [4.78, 5) is 30.0. The number of nitrogens with one attached hydrogen (secondary N) is 1. The number of halogens is 1. The molecule has 1 N–H and O–H groups in total. The zero-order valence-electron chi connectivity index (χ0n) is 14.1. The summed E-state index contributed by atoms with van der Waals surface area (Å²) >= 11 is 7.53. The van der Waals surface area contributed by atoms with Gasteiger partial charge in [-0.15, -0.1) is 11.3 Å². The summed E-state index contributed by atoms with van der Waals surface area (Å²) in [5.41, 5.74) is 1.44. The molecule has 0 aliphatic heterocycles. The quantitative estimate of drug-likeness (QED) is 0.563. The van der Waals surface area contributed by atoms with Crippen LogP contribution in [0, 0.1) is 6.92 Å². The van der Waals surface area contributed by atoms with Crippen molar-refractivity contribution in [2.75, 3.05) is 5.32 Å². The Morgan fingerprint density at radius 2 is 2.11 bits per heavy atom. The second kappa shape index (κ2) is 7.26. The van der Waals surface area contributed by atoms with Crippen LogP contribution in [0.2, 0.25) is 5.02 Å². The molecule has 0 aliphatic carbocycles. The summed E-state index contributed by atoms with van der Waals surface area (Å²) in [5, 5.41) is 4.09. The Morgan fingerprint density at radius 1 is 1.26 bits per heavy atom. The molecule has 0 bridgehead atoms. The highest BCUT2D eigenvalue weighted by Crippen LogP contribution is 2.33. The Labute approximate surface area is 163 Å². The van der Waals surface area contributed by atoms with E-state index in [2.05, 4.69) is 25.3 Å². The maximum Gasteiger partial charge on any atom is 0.268 e. The first-order valence-corrected chi connectivity index (χ1v) is 9.15. The molecule has 0 atom stereocenters. The zero-order valence-corrected chi connectivity index (χ0v) is 15.7. The number of nitrogens with zero attached hydrogens (tertiary/aromatic N) is 5. The molecule has 27 heavy (non-hydrogen) atoms. The van der Waals surface area contributed by atoms with E-state index < -0.39 is 0 Å². The molecule has 0 fully saturated rings. The molecule has 0 unspecified atom stereocenters. The lowest BCUT2D eigenvalue weighted by Gasteiger charge is -2.05. The van der Waals surface area contributed by atoms with Gasteiger partial charge in [-0.05, 0) is 13.0 Å². The van der Waals surface area contributed by atoms with Gasteiger partial charge in [0.2, 0.25) is 0 Å². The topological polar surface area (TPSA) is 85.6 Å². The molecule has 0 radical (unpaired) electrons. The summed E-state index contributed by atoms with van der Waals surface area (Å²) in [6.07, 6.45) is 6.42. The molecule has 7 nitrogen and oxygen atoms in total. The van der Waals surface area contributed by atoms with Gasteiger partial charge in [-0.1, -0.05) is 29.8 Å². The summed E-state index contributed by atoms with van der Waals surface area (Å²) in [6.45, 7) is 1.79. The van der Waals surface area contributed by atoms with E-state index >= 15 is 0 Å². The number of rotatable bonds is 4. The van der Waals surface area contributed by atoms with Crippen LogP contribution in [0.3, 0.4) is 0 Å². The molecule has 3 heterocycles. The maximum absolute atomic E-state index is 12.7. The smallest absolute Gasteiger partial charge is 0.268 e. The number of aryl methyl sites for hydroxylation is 1. The number of thiazole rings is 1. The third kappa shape index (κ3) is 3.57. The van der Waals surface area contributed by atoms with Crippen LogP contribution in [-0.2, 0) is 0 Å². The van der Waals surface area contributed by atoms with E-state index in [0.29, 0.717) is 32.2 Å². The van der Waals surface area contributed by atoms with E-state index in [1.165, 1.54) is 17.7 Å². The van der Waals surface area contributed by atoms with E-state index in [1.54, 1.807) is 42.3 Å². The molecule has 1 aromatic carbocycles. The average Bonchev–Trinajstić information content (AvgIpc) is 3.32. The number of aromatic nitrogens is 5. The first-order valence-electron chi connectivity index (χ1n) is 7.96. The molecule has 134 valence electrons. The summed E-state index contributed by atoms with van der Waals surface area (Å²) in [6, 6.07) is 9.09. The van der Waals surface area contributed by atoms with Gasteiger partial charge in [-0.3, -0.25) is 9.36 Å². The Bertz CT molecular complexity index is 1110. The van der Waals surface area contributed by atoms with Gasteiger partial charge in [-0.2, -0.15) is 0 Å². The standard InChI is InChI=1S/C18H13ClN6OS/c1-11-16(27-18(23-11)12-4-2-3-5-13(12)19)17(26)24-14-8-15(22-9-21-14)25-7-6-20-10-25/h2-10H,1H3,(H,21,22,24,26). The van der Waals surface area contributed by atoms with Gasteiger partial charge >= 0.3 is 0 Å².